The fourth-order valence-corrected chi connectivity index (χ4v) is 1.16. The summed E-state index contributed by atoms with van der Waals surface area (Å²) in [5.74, 6) is 0. The Hall–Kier alpha value is -1.26. The molecule has 0 saturated carbocycles. The Bertz CT molecular complexity index is 406. The number of H-pyrrole nitrogens is 1. The van der Waals surface area contributed by atoms with Gasteiger partial charge in [-0.1, -0.05) is 18.2 Å². The Morgan fingerprint density at radius 1 is 1.33 bits per heavy atom. The molecule has 1 aromatic carbocycles. The molecular weight excluding hydrogens is 215 g/mol. The van der Waals surface area contributed by atoms with Crippen LogP contribution in [0.3, 0.4) is 0 Å². The molecule has 0 aliphatic carbocycles. The number of benzene rings is 1. The van der Waals surface area contributed by atoms with Crippen molar-refractivity contribution in [3.8, 4) is 0 Å². The number of carbonyl (C=O) groups excluding carboxylic acids is 1. The van der Waals surface area contributed by atoms with Gasteiger partial charge in [0.1, 0.15) is 0 Å². The summed E-state index contributed by atoms with van der Waals surface area (Å²) >= 11 is 0. The molecule has 0 radical (unpaired) electrons. The van der Waals surface area contributed by atoms with Crippen LogP contribution in [0.4, 0.5) is 0 Å². The number of hydrogen-bond acceptors (Lipinski definition) is 4. The van der Waals surface area contributed by atoms with Crippen LogP contribution in [0.5, 0.6) is 0 Å². The van der Waals surface area contributed by atoms with Crippen LogP contribution in [0.15, 0.2) is 30.3 Å². The molecule has 1 heterocycles. The summed E-state index contributed by atoms with van der Waals surface area (Å²) in [6.07, 6.45) is 0.819. The number of rotatable bonds is 1. The molecule has 0 fully saturated rings. The molecule has 0 bridgehead atoms. The van der Waals surface area contributed by atoms with Crippen molar-refractivity contribution in [1.82, 2.24) is 4.98 Å². The van der Waals surface area contributed by atoms with Gasteiger partial charge in [0.2, 0.25) is 8.53 Å². The minimum Gasteiger partial charge on any atom is -0.352 e. The van der Waals surface area contributed by atoms with Gasteiger partial charge in [0.05, 0.1) is 5.69 Å². The first-order valence-electron chi connectivity index (χ1n) is 4.09. The van der Waals surface area contributed by atoms with Gasteiger partial charge < -0.3 is 14.8 Å². The summed E-state index contributed by atoms with van der Waals surface area (Å²) in [6, 6.07) is 9.64. The smallest absolute Gasteiger partial charge is 0.247 e. The summed E-state index contributed by atoms with van der Waals surface area (Å²) in [4.78, 5) is 28.2. The Morgan fingerprint density at radius 3 is 2.47 bits per heavy atom. The number of para-hydroxylation sites is 1. The molecular formula is C9H11N2O3P. The van der Waals surface area contributed by atoms with Gasteiger partial charge in [-0.25, -0.2) is 0 Å². The fourth-order valence-electron chi connectivity index (χ4n) is 1.16. The van der Waals surface area contributed by atoms with Crippen LogP contribution in [-0.4, -0.2) is 21.1 Å². The number of aromatic amines is 1. The largest absolute Gasteiger partial charge is 0.352 e. The Balaban J connectivity index is 0.000000245. The molecule has 0 amide bonds. The maximum atomic E-state index is 10.3. The van der Waals surface area contributed by atoms with E-state index in [0.29, 0.717) is 5.69 Å². The van der Waals surface area contributed by atoms with Crippen molar-refractivity contribution in [2.45, 2.75) is 0 Å². The van der Waals surface area contributed by atoms with Crippen LogP contribution in [-0.2, 0) is 0 Å². The molecule has 2 rings (SSSR count). The minimum absolute atomic E-state index is 0.631. The van der Waals surface area contributed by atoms with Crippen molar-refractivity contribution in [2.24, 2.45) is 5.50 Å². The standard InChI is InChI=1S/C9H7NO.H4NO2P/c11-6-8-5-7-3-1-2-4-9(7)10-8;1-4(2)3/h1-6,10H;2-3H,1H2. The first-order valence-corrected chi connectivity index (χ1v) is 5.40. The van der Waals surface area contributed by atoms with Gasteiger partial charge in [-0.2, -0.15) is 0 Å². The van der Waals surface area contributed by atoms with Crippen LogP contribution in [0, 0.1) is 0 Å². The number of fused-ring (bicyclic) bond motifs is 1. The van der Waals surface area contributed by atoms with Crippen molar-refractivity contribution in [3.63, 3.8) is 0 Å². The number of aldehydes is 1. The molecule has 0 aliphatic heterocycles. The van der Waals surface area contributed by atoms with E-state index in [4.69, 9.17) is 9.79 Å². The van der Waals surface area contributed by atoms with Crippen LogP contribution in [0.25, 0.3) is 10.9 Å². The SMILES string of the molecule is NP(O)O.O=Cc1cc2ccccc2[nH]1. The maximum Gasteiger partial charge on any atom is 0.247 e. The van der Waals surface area contributed by atoms with Crippen molar-refractivity contribution >= 4 is 25.7 Å². The molecule has 6 heteroatoms. The molecule has 15 heavy (non-hydrogen) atoms. The lowest BCUT2D eigenvalue weighted by atomic mass is 10.2. The third-order valence-corrected chi connectivity index (χ3v) is 1.68. The molecule has 2 aromatic rings. The molecule has 0 unspecified atom stereocenters. The van der Waals surface area contributed by atoms with Crippen molar-refractivity contribution in [2.75, 3.05) is 0 Å². The van der Waals surface area contributed by atoms with E-state index in [1.54, 1.807) is 0 Å². The van der Waals surface area contributed by atoms with E-state index in [9.17, 15) is 4.79 Å². The molecule has 5 N–H and O–H groups in total. The normalized spacial score (nSPS) is 9.87. The van der Waals surface area contributed by atoms with Gasteiger partial charge in [0.15, 0.2) is 6.29 Å². The summed E-state index contributed by atoms with van der Waals surface area (Å²) in [7, 11) is -2.12. The van der Waals surface area contributed by atoms with Crippen molar-refractivity contribution in [1.29, 1.82) is 0 Å². The van der Waals surface area contributed by atoms with Gasteiger partial charge in [-0.15, -0.1) is 0 Å². The average Bonchev–Trinajstić information content (AvgIpc) is 2.59. The fraction of sp³-hybridized carbons (Fsp3) is 0. The van der Waals surface area contributed by atoms with E-state index in [1.165, 1.54) is 0 Å². The van der Waals surface area contributed by atoms with Crippen LogP contribution < -0.4 is 5.50 Å². The number of hydrogen-bond donors (Lipinski definition) is 4. The molecule has 0 atom stereocenters. The highest BCUT2D eigenvalue weighted by atomic mass is 31.2. The minimum atomic E-state index is -2.12. The Morgan fingerprint density at radius 2 is 1.93 bits per heavy atom. The second kappa shape index (κ2) is 5.58. The zero-order chi connectivity index (χ0) is 11.3. The first-order chi connectivity index (χ1) is 7.13. The monoisotopic (exact) mass is 226 g/mol. The lowest BCUT2D eigenvalue weighted by Gasteiger charge is -1.83. The maximum absolute atomic E-state index is 10.3. The highest BCUT2D eigenvalue weighted by Crippen LogP contribution is 2.12. The van der Waals surface area contributed by atoms with Crippen LogP contribution in [0.1, 0.15) is 10.5 Å². The van der Waals surface area contributed by atoms with Crippen LogP contribution >= 0.6 is 8.53 Å². The summed E-state index contributed by atoms with van der Waals surface area (Å²) in [5, 5.41) is 1.08. The van der Waals surface area contributed by atoms with E-state index >= 15 is 0 Å². The van der Waals surface area contributed by atoms with E-state index in [2.05, 4.69) is 10.5 Å². The third kappa shape index (κ3) is 3.77. The molecule has 1 aromatic heterocycles. The average molecular weight is 226 g/mol. The summed E-state index contributed by atoms with van der Waals surface area (Å²) < 4.78 is 0. The van der Waals surface area contributed by atoms with E-state index < -0.39 is 8.53 Å². The lowest BCUT2D eigenvalue weighted by Crippen LogP contribution is -1.78. The van der Waals surface area contributed by atoms with Gasteiger partial charge >= 0.3 is 0 Å². The second-order valence-electron chi connectivity index (χ2n) is 2.75. The Labute approximate surface area is 87.5 Å². The Kier molecular flexibility index (Phi) is 4.39. The van der Waals surface area contributed by atoms with E-state index in [1.807, 2.05) is 30.3 Å². The first kappa shape index (κ1) is 11.8. The van der Waals surface area contributed by atoms with Crippen molar-refractivity contribution < 1.29 is 14.6 Å². The number of nitrogens with one attached hydrogen (secondary N) is 1. The summed E-state index contributed by atoms with van der Waals surface area (Å²) in [5.41, 5.74) is 5.93. The summed E-state index contributed by atoms with van der Waals surface area (Å²) in [6.45, 7) is 0. The van der Waals surface area contributed by atoms with Crippen LogP contribution in [0.2, 0.25) is 0 Å². The highest BCUT2D eigenvalue weighted by Gasteiger charge is 1.95. The van der Waals surface area contributed by atoms with E-state index in [-0.39, 0.29) is 0 Å². The number of aromatic nitrogens is 1. The zero-order valence-electron chi connectivity index (χ0n) is 7.79. The molecule has 80 valence electrons. The van der Waals surface area contributed by atoms with Gasteiger partial charge in [-0.3, -0.25) is 10.3 Å². The highest BCUT2D eigenvalue weighted by molar-refractivity contribution is 7.42. The van der Waals surface area contributed by atoms with Gasteiger partial charge in [0, 0.05) is 10.9 Å². The molecule has 5 nitrogen and oxygen atoms in total. The van der Waals surface area contributed by atoms with Gasteiger partial charge in [-0.05, 0) is 12.1 Å². The molecule has 0 spiro atoms. The third-order valence-electron chi connectivity index (χ3n) is 1.68. The topological polar surface area (TPSA) is 99.3 Å². The molecule has 0 saturated heterocycles. The quantitative estimate of drug-likeness (QED) is 0.432. The number of carbonyl (C=O) groups is 1. The van der Waals surface area contributed by atoms with Gasteiger partial charge in [0.25, 0.3) is 0 Å². The lowest BCUT2D eigenvalue weighted by molar-refractivity contribution is 0.112. The number of nitrogens with two attached hydrogens (primary N) is 1. The zero-order valence-corrected chi connectivity index (χ0v) is 8.69. The van der Waals surface area contributed by atoms with Crippen molar-refractivity contribution in [3.05, 3.63) is 36.0 Å². The van der Waals surface area contributed by atoms with E-state index in [0.717, 1.165) is 17.2 Å². The predicted molar refractivity (Wildman–Crippen MR) is 59.2 cm³/mol. The predicted octanol–water partition coefficient (Wildman–Crippen LogP) is 1.14. The second-order valence-corrected chi connectivity index (χ2v) is 3.39. The molecule has 0 aliphatic rings.